The molecule has 174 valence electrons. The van der Waals surface area contributed by atoms with Crippen molar-refractivity contribution < 1.29 is 23.4 Å². The van der Waals surface area contributed by atoms with Crippen molar-refractivity contribution in [2.75, 3.05) is 19.1 Å². The van der Waals surface area contributed by atoms with E-state index in [1.54, 1.807) is 40.1 Å². The molecule has 3 aromatic rings. The molecule has 3 aromatic carbocycles. The summed E-state index contributed by atoms with van der Waals surface area (Å²) in [5.41, 5.74) is 1.03. The molecule has 0 aliphatic carbocycles. The maximum Gasteiger partial charge on any atom is 0.260 e. The number of methoxy groups -OCH3 is 2. The van der Waals surface area contributed by atoms with Gasteiger partial charge in [0.25, 0.3) is 5.91 Å². The van der Waals surface area contributed by atoms with E-state index in [0.717, 1.165) is 5.56 Å². The zero-order valence-corrected chi connectivity index (χ0v) is 19.8. The average molecular weight is 479 g/mol. The van der Waals surface area contributed by atoms with Gasteiger partial charge in [0.15, 0.2) is 10.8 Å². The molecule has 1 amide bonds. The molecular weight excluding hydrogens is 455 g/mol. The van der Waals surface area contributed by atoms with E-state index in [-0.39, 0.29) is 22.9 Å². The Hall–Kier alpha value is -3.65. The van der Waals surface area contributed by atoms with Gasteiger partial charge in [-0.05, 0) is 61.6 Å². The van der Waals surface area contributed by atoms with Gasteiger partial charge in [-0.2, -0.15) is 0 Å². The Morgan fingerprint density at radius 3 is 2.35 bits per heavy atom. The van der Waals surface area contributed by atoms with Gasteiger partial charge in [0, 0.05) is 29.3 Å². The number of nitrogens with zero attached hydrogens (tertiary/aromatic N) is 2. The van der Waals surface area contributed by atoms with E-state index in [4.69, 9.17) is 26.4 Å². The van der Waals surface area contributed by atoms with Crippen LogP contribution < -0.4 is 19.1 Å². The first kappa shape index (κ1) is 22.2. The van der Waals surface area contributed by atoms with Crippen molar-refractivity contribution in [2.24, 2.45) is 0 Å². The van der Waals surface area contributed by atoms with Gasteiger partial charge < -0.3 is 14.2 Å². The fraction of sp³-hybridized carbons (Fsp3) is 0.231. The van der Waals surface area contributed by atoms with E-state index >= 15 is 0 Å². The Labute approximate surface area is 202 Å². The van der Waals surface area contributed by atoms with Crippen LogP contribution in [0.4, 0.5) is 10.1 Å². The van der Waals surface area contributed by atoms with Crippen LogP contribution in [-0.2, 0) is 0 Å². The lowest BCUT2D eigenvalue weighted by atomic mass is 9.88. The van der Waals surface area contributed by atoms with Crippen molar-refractivity contribution in [1.29, 1.82) is 0 Å². The van der Waals surface area contributed by atoms with E-state index < -0.39 is 5.72 Å². The predicted molar refractivity (Wildman–Crippen MR) is 130 cm³/mol. The molecule has 8 heteroatoms. The molecule has 0 N–H and O–H groups in total. The highest BCUT2D eigenvalue weighted by molar-refractivity contribution is 7.80. The molecule has 0 spiro atoms. The lowest BCUT2D eigenvalue weighted by molar-refractivity contribution is 0.0183. The smallest absolute Gasteiger partial charge is 0.260 e. The quantitative estimate of drug-likeness (QED) is 0.473. The SMILES string of the molecule is COc1cc(OC)cc(C(=O)N2C(=S)N(c3ccc(F)cc3)[C@@]3(C)C[C@@H]2c2ccccc2O3)c1. The summed E-state index contributed by atoms with van der Waals surface area (Å²) in [5, 5.41) is 0.270. The molecule has 2 aliphatic rings. The lowest BCUT2D eigenvalue weighted by Crippen LogP contribution is -2.67. The third kappa shape index (κ3) is 3.54. The number of benzene rings is 3. The second-order valence-electron chi connectivity index (χ2n) is 8.41. The van der Waals surface area contributed by atoms with Gasteiger partial charge in [0.05, 0.1) is 20.3 Å². The summed E-state index contributed by atoms with van der Waals surface area (Å²) in [6.45, 7) is 1.93. The monoisotopic (exact) mass is 478 g/mol. The average Bonchev–Trinajstić information content (AvgIpc) is 2.84. The number of halogens is 1. The molecule has 34 heavy (non-hydrogen) atoms. The van der Waals surface area contributed by atoms with Crippen LogP contribution in [0.2, 0.25) is 0 Å². The van der Waals surface area contributed by atoms with Crippen LogP contribution >= 0.6 is 12.2 Å². The third-order valence-corrected chi connectivity index (χ3v) is 6.64. The highest BCUT2D eigenvalue weighted by atomic mass is 32.1. The number of anilines is 1. The number of carbonyl (C=O) groups excluding carboxylic acids is 1. The molecule has 2 aliphatic heterocycles. The number of fused-ring (bicyclic) bond motifs is 4. The summed E-state index contributed by atoms with van der Waals surface area (Å²) in [5.74, 6) is 1.02. The number of hydrogen-bond donors (Lipinski definition) is 0. The second kappa shape index (κ2) is 8.29. The maximum absolute atomic E-state index is 14.0. The first-order valence-corrected chi connectivity index (χ1v) is 11.2. The minimum absolute atomic E-state index is 0.270. The third-order valence-electron chi connectivity index (χ3n) is 6.26. The van der Waals surface area contributed by atoms with E-state index in [1.165, 1.54) is 26.4 Å². The summed E-state index contributed by atoms with van der Waals surface area (Å²) in [7, 11) is 3.07. The Morgan fingerprint density at radius 1 is 1.06 bits per heavy atom. The molecule has 0 aromatic heterocycles. The van der Waals surface area contributed by atoms with E-state index in [0.29, 0.717) is 34.9 Å². The number of thiocarbonyl (C=S) groups is 1. The number of ether oxygens (including phenoxy) is 3. The van der Waals surface area contributed by atoms with Crippen molar-refractivity contribution in [1.82, 2.24) is 4.90 Å². The number of amides is 1. The second-order valence-corrected chi connectivity index (χ2v) is 8.77. The van der Waals surface area contributed by atoms with E-state index in [2.05, 4.69) is 0 Å². The van der Waals surface area contributed by atoms with E-state index in [9.17, 15) is 9.18 Å². The number of rotatable bonds is 4. The highest BCUT2D eigenvalue weighted by Gasteiger charge is 2.53. The largest absolute Gasteiger partial charge is 0.497 e. The Balaban J connectivity index is 1.66. The Bertz CT molecular complexity index is 1260. The first-order chi connectivity index (χ1) is 16.3. The van der Waals surface area contributed by atoms with Crippen LogP contribution in [0.3, 0.4) is 0 Å². The number of para-hydroxylation sites is 1. The summed E-state index contributed by atoms with van der Waals surface area (Å²) in [6, 6.07) is 18.3. The number of hydrogen-bond acceptors (Lipinski definition) is 5. The van der Waals surface area contributed by atoms with Crippen LogP contribution in [0.1, 0.15) is 35.3 Å². The molecule has 2 bridgehead atoms. The van der Waals surface area contributed by atoms with Gasteiger partial charge >= 0.3 is 0 Å². The lowest BCUT2D eigenvalue weighted by Gasteiger charge is -2.55. The number of carbonyl (C=O) groups is 1. The van der Waals surface area contributed by atoms with Crippen molar-refractivity contribution in [2.45, 2.75) is 25.1 Å². The minimum atomic E-state index is -0.864. The molecule has 0 saturated carbocycles. The molecule has 2 heterocycles. The van der Waals surface area contributed by atoms with Crippen LogP contribution in [0.15, 0.2) is 66.7 Å². The summed E-state index contributed by atoms with van der Waals surface area (Å²) in [6.07, 6.45) is 0.467. The zero-order valence-electron chi connectivity index (χ0n) is 18.9. The van der Waals surface area contributed by atoms with Gasteiger partial charge in [0.2, 0.25) is 0 Å². The molecule has 5 rings (SSSR count). The van der Waals surface area contributed by atoms with Crippen molar-refractivity contribution in [3.63, 3.8) is 0 Å². The fourth-order valence-electron chi connectivity index (χ4n) is 4.68. The zero-order chi connectivity index (χ0) is 24.0. The molecule has 0 unspecified atom stereocenters. The van der Waals surface area contributed by atoms with Crippen LogP contribution in [0.5, 0.6) is 17.2 Å². The van der Waals surface area contributed by atoms with E-state index in [1.807, 2.05) is 31.2 Å². The molecular formula is C26H23FN2O4S. The highest BCUT2D eigenvalue weighted by Crippen LogP contribution is 2.49. The predicted octanol–water partition coefficient (Wildman–Crippen LogP) is 5.33. The molecule has 2 atom stereocenters. The van der Waals surface area contributed by atoms with Crippen LogP contribution in [0, 0.1) is 5.82 Å². The standard InChI is InChI=1S/C26H23FN2O4S/c1-26-15-22(21-6-4-5-7-23(21)33-26)28(25(34)29(26)18-10-8-17(27)9-11-18)24(30)16-12-19(31-2)14-20(13-16)32-3/h4-14,22H,15H2,1-3H3/t22-,26-/m1/s1. The van der Waals surface area contributed by atoms with Crippen molar-refractivity contribution in [3.8, 4) is 17.2 Å². The van der Waals surface area contributed by atoms with Crippen molar-refractivity contribution in [3.05, 3.63) is 83.7 Å². The Kier molecular flexibility index (Phi) is 5.40. The van der Waals surface area contributed by atoms with Gasteiger partial charge in [-0.1, -0.05) is 18.2 Å². The van der Waals surface area contributed by atoms with Gasteiger partial charge in [0.1, 0.15) is 23.1 Å². The van der Waals surface area contributed by atoms with Gasteiger partial charge in [-0.3, -0.25) is 14.6 Å². The molecule has 1 saturated heterocycles. The van der Waals surface area contributed by atoms with Gasteiger partial charge in [-0.25, -0.2) is 4.39 Å². The molecule has 6 nitrogen and oxygen atoms in total. The Morgan fingerprint density at radius 2 is 1.71 bits per heavy atom. The molecule has 1 fully saturated rings. The van der Waals surface area contributed by atoms with Crippen LogP contribution in [0.25, 0.3) is 0 Å². The topological polar surface area (TPSA) is 51.2 Å². The first-order valence-electron chi connectivity index (χ1n) is 10.8. The van der Waals surface area contributed by atoms with Crippen molar-refractivity contribution >= 4 is 28.9 Å². The summed E-state index contributed by atoms with van der Waals surface area (Å²) >= 11 is 5.91. The maximum atomic E-state index is 14.0. The fourth-order valence-corrected chi connectivity index (χ4v) is 5.19. The van der Waals surface area contributed by atoms with Gasteiger partial charge in [-0.15, -0.1) is 0 Å². The van der Waals surface area contributed by atoms with Crippen LogP contribution in [-0.4, -0.2) is 35.9 Å². The normalized spacial score (nSPS) is 20.9. The summed E-state index contributed by atoms with van der Waals surface area (Å²) < 4.78 is 30.9. The molecule has 0 radical (unpaired) electrons. The minimum Gasteiger partial charge on any atom is -0.497 e. The summed E-state index contributed by atoms with van der Waals surface area (Å²) in [4.78, 5) is 17.4.